The molecule has 2 heterocycles. The molecule has 0 saturated heterocycles. The third kappa shape index (κ3) is 4.13. The molecule has 1 saturated carbocycles. The number of nitrogens with zero attached hydrogens (tertiary/aromatic N) is 6. The standard InChI is InChI=1S/C22H27FN6O/c1-4-14-7-17(23)10-18(8-14)29(3)21-12-24-22(27-26-21)19-6-5-15(9-20(19)30)16-11-25-28(2)13-16/h5-6,9,11-14,17-18,30H,4,7-8,10H2,1-3H3/t14-,17+,18+/m0/s1. The van der Waals surface area contributed by atoms with Crippen LogP contribution >= 0.6 is 0 Å². The van der Waals surface area contributed by atoms with E-state index in [4.69, 9.17) is 0 Å². The van der Waals surface area contributed by atoms with Gasteiger partial charge in [-0.05, 0) is 42.9 Å². The lowest BCUT2D eigenvalue weighted by Gasteiger charge is -2.36. The smallest absolute Gasteiger partial charge is 0.185 e. The van der Waals surface area contributed by atoms with Gasteiger partial charge in [0, 0.05) is 31.9 Å². The fourth-order valence-corrected chi connectivity index (χ4v) is 4.19. The summed E-state index contributed by atoms with van der Waals surface area (Å²) in [5, 5.41) is 23.2. The highest BCUT2D eigenvalue weighted by Gasteiger charge is 2.31. The number of rotatable bonds is 5. The minimum atomic E-state index is -0.772. The van der Waals surface area contributed by atoms with Crippen LogP contribution in [0.2, 0.25) is 0 Å². The van der Waals surface area contributed by atoms with Gasteiger partial charge in [0.2, 0.25) is 0 Å². The molecule has 8 heteroatoms. The fraction of sp³-hybridized carbons (Fsp3) is 0.455. The monoisotopic (exact) mass is 410 g/mol. The molecule has 1 aliphatic rings. The van der Waals surface area contributed by atoms with Gasteiger partial charge in [0.15, 0.2) is 11.6 Å². The molecule has 4 rings (SSSR count). The van der Waals surface area contributed by atoms with Crippen LogP contribution in [0.3, 0.4) is 0 Å². The number of phenols is 1. The Bertz CT molecular complexity index is 1010. The Labute approximate surface area is 175 Å². The van der Waals surface area contributed by atoms with Crippen molar-refractivity contribution in [2.45, 2.75) is 44.8 Å². The van der Waals surface area contributed by atoms with Crippen molar-refractivity contribution in [1.29, 1.82) is 0 Å². The number of halogens is 1. The molecule has 0 radical (unpaired) electrons. The van der Waals surface area contributed by atoms with Gasteiger partial charge >= 0.3 is 0 Å². The van der Waals surface area contributed by atoms with E-state index < -0.39 is 6.17 Å². The zero-order valence-corrected chi connectivity index (χ0v) is 17.5. The largest absolute Gasteiger partial charge is 0.507 e. The van der Waals surface area contributed by atoms with Crippen LogP contribution in [-0.2, 0) is 7.05 Å². The number of aryl methyl sites for hydroxylation is 1. The van der Waals surface area contributed by atoms with Gasteiger partial charge < -0.3 is 10.0 Å². The molecule has 30 heavy (non-hydrogen) atoms. The van der Waals surface area contributed by atoms with Gasteiger partial charge in [-0.2, -0.15) is 5.10 Å². The predicted octanol–water partition coefficient (Wildman–Crippen LogP) is 4.00. The van der Waals surface area contributed by atoms with Gasteiger partial charge in [0.25, 0.3) is 0 Å². The Balaban J connectivity index is 1.52. The molecule has 1 aliphatic carbocycles. The third-order valence-electron chi connectivity index (χ3n) is 6.04. The van der Waals surface area contributed by atoms with Crippen molar-refractivity contribution in [3.63, 3.8) is 0 Å². The van der Waals surface area contributed by atoms with Crippen LogP contribution in [-0.4, -0.2) is 49.3 Å². The molecule has 158 valence electrons. The molecule has 0 bridgehead atoms. The van der Waals surface area contributed by atoms with E-state index >= 15 is 0 Å². The fourth-order valence-electron chi connectivity index (χ4n) is 4.19. The van der Waals surface area contributed by atoms with Gasteiger partial charge in [-0.15, -0.1) is 10.2 Å². The van der Waals surface area contributed by atoms with Crippen LogP contribution in [0.1, 0.15) is 32.6 Å². The first kappa shape index (κ1) is 20.3. The average molecular weight is 410 g/mol. The van der Waals surface area contributed by atoms with Crippen molar-refractivity contribution in [1.82, 2.24) is 25.0 Å². The summed E-state index contributed by atoms with van der Waals surface area (Å²) >= 11 is 0. The van der Waals surface area contributed by atoms with Gasteiger partial charge in [-0.3, -0.25) is 4.68 Å². The summed E-state index contributed by atoms with van der Waals surface area (Å²) < 4.78 is 15.8. The molecular weight excluding hydrogens is 383 g/mol. The minimum Gasteiger partial charge on any atom is -0.507 e. The first-order valence-corrected chi connectivity index (χ1v) is 10.3. The van der Waals surface area contributed by atoms with E-state index in [1.54, 1.807) is 29.2 Å². The minimum absolute atomic E-state index is 0.0811. The summed E-state index contributed by atoms with van der Waals surface area (Å²) in [6.45, 7) is 2.11. The predicted molar refractivity (Wildman–Crippen MR) is 114 cm³/mol. The van der Waals surface area contributed by atoms with E-state index in [2.05, 4.69) is 27.2 Å². The number of aromatic nitrogens is 5. The molecule has 0 unspecified atom stereocenters. The van der Waals surface area contributed by atoms with Crippen LogP contribution in [0.4, 0.5) is 10.2 Å². The Morgan fingerprint density at radius 3 is 2.63 bits per heavy atom. The van der Waals surface area contributed by atoms with Crippen molar-refractivity contribution in [3.05, 3.63) is 36.8 Å². The number of hydrogen-bond acceptors (Lipinski definition) is 6. The van der Waals surface area contributed by atoms with Crippen LogP contribution in [0, 0.1) is 5.92 Å². The highest BCUT2D eigenvalue weighted by molar-refractivity contribution is 5.72. The van der Waals surface area contributed by atoms with Crippen molar-refractivity contribution < 1.29 is 9.50 Å². The summed E-state index contributed by atoms with van der Waals surface area (Å²) in [4.78, 5) is 6.38. The van der Waals surface area contributed by atoms with Gasteiger partial charge in [-0.25, -0.2) is 9.37 Å². The quantitative estimate of drug-likeness (QED) is 0.685. The van der Waals surface area contributed by atoms with Crippen LogP contribution in [0.25, 0.3) is 22.5 Å². The second kappa shape index (κ2) is 8.38. The van der Waals surface area contributed by atoms with Crippen molar-refractivity contribution in [3.8, 4) is 28.3 Å². The van der Waals surface area contributed by atoms with Gasteiger partial charge in [0.05, 0.1) is 18.0 Å². The summed E-state index contributed by atoms with van der Waals surface area (Å²) in [6, 6.07) is 5.43. The lowest BCUT2D eigenvalue weighted by Crippen LogP contribution is -2.40. The Kier molecular flexibility index (Phi) is 5.65. The summed E-state index contributed by atoms with van der Waals surface area (Å²) in [5.41, 5.74) is 2.29. The van der Waals surface area contributed by atoms with E-state index in [-0.39, 0.29) is 11.8 Å². The second-order valence-electron chi connectivity index (χ2n) is 8.12. The van der Waals surface area contributed by atoms with Crippen LogP contribution in [0.5, 0.6) is 5.75 Å². The maximum absolute atomic E-state index is 14.1. The number of phenolic OH excluding ortho intramolecular Hbond substituents is 1. The maximum atomic E-state index is 14.1. The summed E-state index contributed by atoms with van der Waals surface area (Å²) in [5.74, 6) is 1.44. The molecule has 0 spiro atoms. The number of hydrogen-bond donors (Lipinski definition) is 1. The summed E-state index contributed by atoms with van der Waals surface area (Å²) in [7, 11) is 3.76. The van der Waals surface area contributed by atoms with Crippen molar-refractivity contribution >= 4 is 5.82 Å². The van der Waals surface area contributed by atoms with Gasteiger partial charge in [0.1, 0.15) is 11.9 Å². The number of benzene rings is 1. The molecule has 2 aromatic heterocycles. The number of alkyl halides is 1. The highest BCUT2D eigenvalue weighted by atomic mass is 19.1. The van der Waals surface area contributed by atoms with E-state index in [0.29, 0.717) is 36.0 Å². The SMILES string of the molecule is CC[C@H]1C[C@@H](F)C[C@H](N(C)c2cnc(-c3ccc(-c4cnn(C)c4)cc3O)nn2)C1. The molecule has 1 aromatic carbocycles. The van der Waals surface area contributed by atoms with Crippen LogP contribution in [0.15, 0.2) is 36.8 Å². The van der Waals surface area contributed by atoms with E-state index in [1.807, 2.05) is 31.3 Å². The lowest BCUT2D eigenvalue weighted by atomic mass is 9.82. The zero-order valence-electron chi connectivity index (χ0n) is 17.5. The van der Waals surface area contributed by atoms with Crippen molar-refractivity contribution in [2.24, 2.45) is 13.0 Å². The molecule has 1 fully saturated rings. The van der Waals surface area contributed by atoms with Crippen molar-refractivity contribution in [2.75, 3.05) is 11.9 Å². The molecule has 1 N–H and O–H groups in total. The summed E-state index contributed by atoms with van der Waals surface area (Å²) in [6.07, 6.45) is 7.59. The van der Waals surface area contributed by atoms with Gasteiger partial charge in [-0.1, -0.05) is 19.4 Å². The Hall–Kier alpha value is -3.03. The Morgan fingerprint density at radius 1 is 1.17 bits per heavy atom. The molecule has 3 aromatic rings. The third-order valence-corrected chi connectivity index (χ3v) is 6.04. The maximum Gasteiger partial charge on any atom is 0.185 e. The number of aromatic hydroxyl groups is 1. The number of anilines is 1. The first-order chi connectivity index (χ1) is 14.4. The van der Waals surface area contributed by atoms with E-state index in [0.717, 1.165) is 24.0 Å². The second-order valence-corrected chi connectivity index (χ2v) is 8.12. The van der Waals surface area contributed by atoms with Crippen LogP contribution < -0.4 is 4.90 Å². The highest BCUT2D eigenvalue weighted by Crippen LogP contribution is 2.34. The molecular formula is C22H27FN6O. The van der Waals surface area contributed by atoms with E-state index in [1.165, 1.54) is 0 Å². The molecule has 3 atom stereocenters. The Morgan fingerprint density at radius 2 is 2.00 bits per heavy atom. The zero-order chi connectivity index (χ0) is 21.3. The normalized spacial score (nSPS) is 21.5. The topological polar surface area (TPSA) is 80.0 Å². The molecule has 0 amide bonds. The lowest BCUT2D eigenvalue weighted by molar-refractivity contribution is 0.174. The first-order valence-electron chi connectivity index (χ1n) is 10.3. The average Bonchev–Trinajstić information content (AvgIpc) is 3.19. The van der Waals surface area contributed by atoms with E-state index in [9.17, 15) is 9.50 Å². The molecule has 7 nitrogen and oxygen atoms in total. The molecule has 0 aliphatic heterocycles.